The summed E-state index contributed by atoms with van der Waals surface area (Å²) in [6, 6.07) is 15.4. The highest BCUT2D eigenvalue weighted by molar-refractivity contribution is 6.22. The Kier molecular flexibility index (Phi) is 5.86. The van der Waals surface area contributed by atoms with Crippen molar-refractivity contribution in [3.8, 4) is 11.5 Å². The highest BCUT2D eigenvalue weighted by Gasteiger charge is 2.41. The van der Waals surface area contributed by atoms with E-state index in [1.165, 1.54) is 0 Å². The molecule has 152 valence electrons. The van der Waals surface area contributed by atoms with E-state index in [-0.39, 0.29) is 23.9 Å². The molecule has 5 heteroatoms. The number of carbonyl (C=O) groups excluding carboxylic acids is 1. The second-order valence-electron chi connectivity index (χ2n) is 7.47. The summed E-state index contributed by atoms with van der Waals surface area (Å²) in [5.41, 5.74) is 2.49. The van der Waals surface area contributed by atoms with E-state index in [1.54, 1.807) is 20.5 Å². The molecule has 0 saturated heterocycles. The molecule has 3 unspecified atom stereocenters. The van der Waals surface area contributed by atoms with Crippen LogP contribution >= 0.6 is 0 Å². The molecule has 0 N–H and O–H groups in total. The van der Waals surface area contributed by atoms with Crippen molar-refractivity contribution < 1.29 is 23.7 Å². The molecule has 0 amide bonds. The van der Waals surface area contributed by atoms with Crippen LogP contribution in [0.3, 0.4) is 0 Å². The second kappa shape index (κ2) is 8.70. The van der Waals surface area contributed by atoms with Crippen LogP contribution in [-0.4, -0.2) is 32.2 Å². The van der Waals surface area contributed by atoms with Gasteiger partial charge in [0.05, 0.1) is 44.7 Å². The first kappa shape index (κ1) is 19.5. The number of benzene rings is 2. The number of allylic oxidation sites excluding steroid dienone is 1. The molecule has 1 aliphatic heterocycles. The van der Waals surface area contributed by atoms with E-state index in [0.717, 1.165) is 36.1 Å². The number of ether oxygens (including phenoxy) is 4. The van der Waals surface area contributed by atoms with Gasteiger partial charge in [0.15, 0.2) is 5.78 Å². The molecule has 29 heavy (non-hydrogen) atoms. The minimum Gasteiger partial charge on any atom is -0.497 e. The first-order valence-electron chi connectivity index (χ1n) is 9.97. The van der Waals surface area contributed by atoms with E-state index in [9.17, 15) is 4.79 Å². The fraction of sp³-hybridized carbons (Fsp3) is 0.375. The van der Waals surface area contributed by atoms with Gasteiger partial charge < -0.3 is 18.9 Å². The molecule has 3 atom stereocenters. The van der Waals surface area contributed by atoms with Gasteiger partial charge in [-0.05, 0) is 36.6 Å². The first-order valence-corrected chi connectivity index (χ1v) is 9.97. The number of rotatable bonds is 6. The van der Waals surface area contributed by atoms with Crippen LogP contribution in [0.4, 0.5) is 0 Å². The van der Waals surface area contributed by atoms with Crippen molar-refractivity contribution in [3.63, 3.8) is 0 Å². The number of hydrogen-bond acceptors (Lipinski definition) is 5. The fourth-order valence-electron chi connectivity index (χ4n) is 4.11. The predicted octanol–water partition coefficient (Wildman–Crippen LogP) is 4.40. The van der Waals surface area contributed by atoms with Crippen LogP contribution in [0.2, 0.25) is 0 Å². The van der Waals surface area contributed by atoms with Gasteiger partial charge in [-0.25, -0.2) is 0 Å². The predicted molar refractivity (Wildman–Crippen MR) is 110 cm³/mol. The number of carbonyl (C=O) groups is 1. The number of ketones is 1. The lowest BCUT2D eigenvalue weighted by molar-refractivity contribution is -0.128. The Labute approximate surface area is 171 Å². The summed E-state index contributed by atoms with van der Waals surface area (Å²) in [4.78, 5) is 13.1. The third-order valence-electron chi connectivity index (χ3n) is 5.75. The van der Waals surface area contributed by atoms with Gasteiger partial charge in [0.1, 0.15) is 17.6 Å². The van der Waals surface area contributed by atoms with Gasteiger partial charge in [-0.15, -0.1) is 0 Å². The minimum atomic E-state index is -0.129. The molecule has 2 aromatic rings. The number of Topliss-reactive ketones (excluding diaryl/α,β-unsaturated/α-hetero) is 1. The van der Waals surface area contributed by atoms with Gasteiger partial charge in [-0.2, -0.15) is 0 Å². The van der Waals surface area contributed by atoms with Crippen molar-refractivity contribution in [1.82, 2.24) is 0 Å². The molecular weight excluding hydrogens is 368 g/mol. The molecule has 1 fully saturated rings. The highest BCUT2D eigenvalue weighted by atomic mass is 16.5. The largest absolute Gasteiger partial charge is 0.497 e. The van der Waals surface area contributed by atoms with Crippen molar-refractivity contribution in [2.24, 2.45) is 5.92 Å². The maximum absolute atomic E-state index is 13.1. The van der Waals surface area contributed by atoms with E-state index in [1.807, 2.05) is 48.5 Å². The lowest BCUT2D eigenvalue weighted by atomic mass is 9.77. The number of para-hydroxylation sites is 1. The zero-order chi connectivity index (χ0) is 20.2. The van der Waals surface area contributed by atoms with Gasteiger partial charge in [0.25, 0.3) is 0 Å². The van der Waals surface area contributed by atoms with Crippen LogP contribution in [0.1, 0.15) is 30.4 Å². The monoisotopic (exact) mass is 394 g/mol. The van der Waals surface area contributed by atoms with Gasteiger partial charge in [-0.3, -0.25) is 4.79 Å². The van der Waals surface area contributed by atoms with E-state index in [4.69, 9.17) is 18.9 Å². The van der Waals surface area contributed by atoms with Crippen molar-refractivity contribution in [2.75, 3.05) is 14.2 Å². The normalized spacial score (nSPS) is 23.6. The first-order chi connectivity index (χ1) is 14.2. The second-order valence-corrected chi connectivity index (χ2v) is 7.47. The molecule has 0 radical (unpaired) electrons. The molecule has 2 aromatic carbocycles. The van der Waals surface area contributed by atoms with Crippen molar-refractivity contribution in [1.29, 1.82) is 0 Å². The Morgan fingerprint density at radius 3 is 2.55 bits per heavy atom. The fourth-order valence-corrected chi connectivity index (χ4v) is 4.11. The molecule has 0 spiro atoms. The van der Waals surface area contributed by atoms with Gasteiger partial charge in [0, 0.05) is 12.0 Å². The molecule has 4 rings (SSSR count). The molecule has 2 aliphatic rings. The zero-order valence-electron chi connectivity index (χ0n) is 16.8. The maximum Gasteiger partial charge on any atom is 0.173 e. The lowest BCUT2D eigenvalue weighted by Gasteiger charge is -2.37. The van der Waals surface area contributed by atoms with Crippen LogP contribution in [0, 0.1) is 5.92 Å². The van der Waals surface area contributed by atoms with Crippen molar-refractivity contribution in [3.05, 3.63) is 65.9 Å². The standard InChI is InChI=1S/C24H26O5/c1-26-17-9-7-16(8-10-17)14-28-18-11-12-20-23(13-18)29-15-21(24(20)25)19-5-3-4-6-22(19)27-2/h3-10,15,18,20,23H,11-14H2,1-2H3. The maximum atomic E-state index is 13.1. The summed E-state index contributed by atoms with van der Waals surface area (Å²) in [5, 5.41) is 0. The Hall–Kier alpha value is -2.79. The van der Waals surface area contributed by atoms with Gasteiger partial charge in [0.2, 0.25) is 0 Å². The Balaban J connectivity index is 1.39. The smallest absolute Gasteiger partial charge is 0.173 e. The third kappa shape index (κ3) is 4.15. The molecule has 0 bridgehead atoms. The molecule has 1 saturated carbocycles. The Bertz CT molecular complexity index is 886. The molecule has 1 heterocycles. The quantitative estimate of drug-likeness (QED) is 0.727. The summed E-state index contributed by atoms with van der Waals surface area (Å²) in [5.74, 6) is 1.53. The van der Waals surface area contributed by atoms with Crippen LogP contribution in [0.5, 0.6) is 11.5 Å². The van der Waals surface area contributed by atoms with Crippen LogP contribution < -0.4 is 9.47 Å². The third-order valence-corrected chi connectivity index (χ3v) is 5.75. The number of fused-ring (bicyclic) bond motifs is 1. The molecule has 0 aromatic heterocycles. The molecule has 1 aliphatic carbocycles. The Morgan fingerprint density at radius 2 is 1.79 bits per heavy atom. The number of hydrogen-bond donors (Lipinski definition) is 0. The average Bonchev–Trinajstić information content (AvgIpc) is 2.78. The van der Waals surface area contributed by atoms with E-state index in [0.29, 0.717) is 17.9 Å². The SMILES string of the molecule is COc1ccc(COC2CCC3C(=O)C(c4ccccc4OC)=COC3C2)cc1. The van der Waals surface area contributed by atoms with Gasteiger partial charge in [-0.1, -0.05) is 30.3 Å². The summed E-state index contributed by atoms with van der Waals surface area (Å²) in [7, 11) is 3.27. The van der Waals surface area contributed by atoms with Crippen LogP contribution in [-0.2, 0) is 20.9 Å². The Morgan fingerprint density at radius 1 is 1.00 bits per heavy atom. The minimum absolute atomic E-state index is 0.0902. The average molecular weight is 394 g/mol. The van der Waals surface area contributed by atoms with Gasteiger partial charge >= 0.3 is 0 Å². The topological polar surface area (TPSA) is 54.0 Å². The van der Waals surface area contributed by atoms with E-state index >= 15 is 0 Å². The molecular formula is C24H26O5. The number of methoxy groups -OCH3 is 2. The highest BCUT2D eigenvalue weighted by Crippen LogP contribution is 2.39. The summed E-state index contributed by atoms with van der Waals surface area (Å²) in [6.07, 6.45) is 3.91. The molecule has 5 nitrogen and oxygen atoms in total. The van der Waals surface area contributed by atoms with Crippen molar-refractivity contribution >= 4 is 11.4 Å². The van der Waals surface area contributed by atoms with E-state index < -0.39 is 0 Å². The van der Waals surface area contributed by atoms with Crippen molar-refractivity contribution in [2.45, 2.75) is 38.1 Å². The summed E-state index contributed by atoms with van der Waals surface area (Å²) >= 11 is 0. The zero-order valence-corrected chi connectivity index (χ0v) is 16.8. The lowest BCUT2D eigenvalue weighted by Crippen LogP contribution is -2.41. The van der Waals surface area contributed by atoms with Crippen LogP contribution in [0.15, 0.2) is 54.8 Å². The van der Waals surface area contributed by atoms with E-state index in [2.05, 4.69) is 0 Å². The van der Waals surface area contributed by atoms with Crippen LogP contribution in [0.25, 0.3) is 5.57 Å². The summed E-state index contributed by atoms with van der Waals surface area (Å²) < 4.78 is 22.7. The summed E-state index contributed by atoms with van der Waals surface area (Å²) in [6.45, 7) is 0.544.